The number of ether oxygens (including phenoxy) is 1. The van der Waals surface area contributed by atoms with Crippen LogP contribution < -0.4 is 5.73 Å². The molecular formula is C13H25F3N2O2. The maximum atomic E-state index is 12.5. The highest BCUT2D eigenvalue weighted by atomic mass is 19.4. The largest absolute Gasteiger partial charge is 0.406 e. The van der Waals surface area contributed by atoms with Crippen molar-refractivity contribution in [2.45, 2.75) is 51.7 Å². The third kappa shape index (κ3) is 9.14. The Balaban J connectivity index is 4.45. The maximum Gasteiger partial charge on any atom is 0.406 e. The van der Waals surface area contributed by atoms with Gasteiger partial charge in [-0.2, -0.15) is 13.2 Å². The number of halogens is 3. The Morgan fingerprint density at radius 3 is 2.45 bits per heavy atom. The SMILES string of the molecule is CCCC[C@H](N)C(=O)N(CCCOCC)CC(F)(F)F. The predicted molar refractivity (Wildman–Crippen MR) is 71.2 cm³/mol. The van der Waals surface area contributed by atoms with Crippen LogP contribution in [0.1, 0.15) is 39.5 Å². The van der Waals surface area contributed by atoms with Gasteiger partial charge in [-0.1, -0.05) is 19.8 Å². The monoisotopic (exact) mass is 298 g/mol. The van der Waals surface area contributed by atoms with Gasteiger partial charge in [0.25, 0.3) is 0 Å². The molecule has 0 saturated carbocycles. The molecule has 4 nitrogen and oxygen atoms in total. The van der Waals surface area contributed by atoms with Crippen LogP contribution in [0, 0.1) is 0 Å². The molecule has 1 amide bonds. The van der Waals surface area contributed by atoms with Crippen LogP contribution in [0.4, 0.5) is 13.2 Å². The van der Waals surface area contributed by atoms with Gasteiger partial charge in [-0.3, -0.25) is 4.79 Å². The molecule has 0 fully saturated rings. The predicted octanol–water partition coefficient (Wildman–Crippen LogP) is 2.32. The van der Waals surface area contributed by atoms with Crippen molar-refractivity contribution in [1.29, 1.82) is 0 Å². The Morgan fingerprint density at radius 1 is 1.30 bits per heavy atom. The molecule has 120 valence electrons. The van der Waals surface area contributed by atoms with Crippen LogP contribution >= 0.6 is 0 Å². The highest BCUT2D eigenvalue weighted by Crippen LogP contribution is 2.17. The standard InChI is InChI=1S/C13H25F3N2O2/c1-3-5-7-11(17)12(19)18(10-13(14,15)16)8-6-9-20-4-2/h11H,3-10,17H2,1-2H3/t11-/m0/s1. The summed E-state index contributed by atoms with van der Waals surface area (Å²) in [4.78, 5) is 12.7. The summed E-state index contributed by atoms with van der Waals surface area (Å²) in [5.74, 6) is -0.632. The molecule has 0 aromatic carbocycles. The first kappa shape index (κ1) is 19.2. The molecule has 0 aliphatic rings. The van der Waals surface area contributed by atoms with E-state index in [1.165, 1.54) is 0 Å². The number of unbranched alkanes of at least 4 members (excludes halogenated alkanes) is 1. The maximum absolute atomic E-state index is 12.5. The Labute approximate surface area is 118 Å². The van der Waals surface area contributed by atoms with Crippen molar-refractivity contribution < 1.29 is 22.7 Å². The highest BCUT2D eigenvalue weighted by molar-refractivity contribution is 5.81. The number of carbonyl (C=O) groups excluding carboxylic acids is 1. The van der Waals surface area contributed by atoms with E-state index in [2.05, 4.69) is 0 Å². The summed E-state index contributed by atoms with van der Waals surface area (Å²) < 4.78 is 42.5. The first-order chi connectivity index (χ1) is 9.31. The normalized spacial score (nSPS) is 13.3. The first-order valence-corrected chi connectivity index (χ1v) is 7.00. The lowest BCUT2D eigenvalue weighted by Crippen LogP contribution is -2.48. The topological polar surface area (TPSA) is 55.6 Å². The summed E-state index contributed by atoms with van der Waals surface area (Å²) >= 11 is 0. The molecule has 0 unspecified atom stereocenters. The number of alkyl halides is 3. The van der Waals surface area contributed by atoms with E-state index >= 15 is 0 Å². The van der Waals surface area contributed by atoms with Crippen LogP contribution in [0.2, 0.25) is 0 Å². The minimum absolute atomic E-state index is 0.0121. The molecule has 0 radical (unpaired) electrons. The highest BCUT2D eigenvalue weighted by Gasteiger charge is 2.34. The van der Waals surface area contributed by atoms with Crippen molar-refractivity contribution in [3.63, 3.8) is 0 Å². The lowest BCUT2D eigenvalue weighted by molar-refractivity contribution is -0.162. The van der Waals surface area contributed by atoms with Crippen molar-refractivity contribution in [3.8, 4) is 0 Å². The van der Waals surface area contributed by atoms with Gasteiger partial charge in [-0.25, -0.2) is 0 Å². The smallest absolute Gasteiger partial charge is 0.382 e. The Bertz CT molecular complexity index is 273. The third-order valence-electron chi connectivity index (χ3n) is 2.79. The molecule has 2 N–H and O–H groups in total. The van der Waals surface area contributed by atoms with Gasteiger partial charge in [0.1, 0.15) is 6.54 Å². The van der Waals surface area contributed by atoms with Crippen molar-refractivity contribution in [2.24, 2.45) is 5.73 Å². The summed E-state index contributed by atoms with van der Waals surface area (Å²) in [6.45, 7) is 3.34. The average Bonchev–Trinajstić information content (AvgIpc) is 2.37. The summed E-state index contributed by atoms with van der Waals surface area (Å²) in [6, 6.07) is -0.857. The van der Waals surface area contributed by atoms with E-state index in [0.29, 0.717) is 26.1 Å². The van der Waals surface area contributed by atoms with Crippen molar-refractivity contribution in [1.82, 2.24) is 4.90 Å². The summed E-state index contributed by atoms with van der Waals surface area (Å²) in [6.07, 6.45) is -2.05. The van der Waals surface area contributed by atoms with E-state index in [1.54, 1.807) is 6.92 Å². The fourth-order valence-electron chi connectivity index (χ4n) is 1.77. The number of hydrogen-bond acceptors (Lipinski definition) is 3. The van der Waals surface area contributed by atoms with E-state index in [-0.39, 0.29) is 6.54 Å². The molecular weight excluding hydrogens is 273 g/mol. The van der Waals surface area contributed by atoms with Gasteiger partial charge >= 0.3 is 6.18 Å². The summed E-state index contributed by atoms with van der Waals surface area (Å²) in [5, 5.41) is 0. The molecule has 20 heavy (non-hydrogen) atoms. The Hall–Kier alpha value is -0.820. The molecule has 0 bridgehead atoms. The zero-order valence-corrected chi connectivity index (χ0v) is 12.2. The van der Waals surface area contributed by atoms with E-state index < -0.39 is 24.7 Å². The Kier molecular flexibility index (Phi) is 9.58. The second-order valence-corrected chi connectivity index (χ2v) is 4.67. The molecule has 0 rings (SSSR count). The molecule has 0 heterocycles. The van der Waals surface area contributed by atoms with E-state index in [1.807, 2.05) is 6.92 Å². The Morgan fingerprint density at radius 2 is 1.95 bits per heavy atom. The quantitative estimate of drug-likeness (QED) is 0.630. The van der Waals surface area contributed by atoms with E-state index in [0.717, 1.165) is 17.7 Å². The van der Waals surface area contributed by atoms with Crippen LogP contribution in [-0.2, 0) is 9.53 Å². The minimum atomic E-state index is -4.41. The molecule has 7 heteroatoms. The van der Waals surface area contributed by atoms with Crippen molar-refractivity contribution in [2.75, 3.05) is 26.3 Å². The van der Waals surface area contributed by atoms with Gasteiger partial charge in [-0.05, 0) is 19.8 Å². The fraction of sp³-hybridized carbons (Fsp3) is 0.923. The van der Waals surface area contributed by atoms with E-state index in [4.69, 9.17) is 10.5 Å². The van der Waals surface area contributed by atoms with Crippen molar-refractivity contribution in [3.05, 3.63) is 0 Å². The number of hydrogen-bond donors (Lipinski definition) is 1. The average molecular weight is 298 g/mol. The van der Waals surface area contributed by atoms with Crippen LogP contribution in [0.15, 0.2) is 0 Å². The van der Waals surface area contributed by atoms with E-state index in [9.17, 15) is 18.0 Å². The molecule has 0 spiro atoms. The van der Waals surface area contributed by atoms with Gasteiger partial charge in [0.05, 0.1) is 6.04 Å². The second-order valence-electron chi connectivity index (χ2n) is 4.67. The van der Waals surface area contributed by atoms with Gasteiger partial charge in [-0.15, -0.1) is 0 Å². The number of rotatable bonds is 10. The second kappa shape index (κ2) is 9.99. The molecule has 0 saturated heterocycles. The first-order valence-electron chi connectivity index (χ1n) is 7.00. The van der Waals surface area contributed by atoms with Gasteiger partial charge in [0, 0.05) is 19.8 Å². The fourth-order valence-corrected chi connectivity index (χ4v) is 1.77. The lowest BCUT2D eigenvalue weighted by Gasteiger charge is -2.26. The molecule has 1 atom stereocenters. The van der Waals surface area contributed by atoms with Gasteiger partial charge in [0.2, 0.25) is 5.91 Å². The van der Waals surface area contributed by atoms with Crippen LogP contribution in [0.3, 0.4) is 0 Å². The van der Waals surface area contributed by atoms with Crippen LogP contribution in [0.5, 0.6) is 0 Å². The molecule has 0 aliphatic heterocycles. The van der Waals surface area contributed by atoms with Gasteiger partial charge < -0.3 is 15.4 Å². The van der Waals surface area contributed by atoms with Gasteiger partial charge in [0.15, 0.2) is 0 Å². The molecule has 0 aliphatic carbocycles. The number of nitrogens with two attached hydrogens (primary N) is 1. The van der Waals surface area contributed by atoms with Crippen LogP contribution in [0.25, 0.3) is 0 Å². The third-order valence-corrected chi connectivity index (χ3v) is 2.79. The zero-order chi connectivity index (χ0) is 15.6. The lowest BCUT2D eigenvalue weighted by atomic mass is 10.1. The van der Waals surface area contributed by atoms with Crippen LogP contribution in [-0.4, -0.2) is 49.3 Å². The number of nitrogens with zero attached hydrogens (tertiary/aromatic N) is 1. The zero-order valence-electron chi connectivity index (χ0n) is 12.2. The molecule has 0 aromatic heterocycles. The summed E-state index contributed by atoms with van der Waals surface area (Å²) in [7, 11) is 0. The number of carbonyl (C=O) groups is 1. The number of amides is 1. The minimum Gasteiger partial charge on any atom is -0.382 e. The molecule has 0 aromatic rings. The van der Waals surface area contributed by atoms with Crippen molar-refractivity contribution >= 4 is 5.91 Å². The summed E-state index contributed by atoms with van der Waals surface area (Å²) in [5.41, 5.74) is 5.66.